The van der Waals surface area contributed by atoms with Crippen molar-refractivity contribution in [2.75, 3.05) is 4.72 Å². The molecule has 0 aliphatic carbocycles. The van der Waals surface area contributed by atoms with Crippen molar-refractivity contribution in [2.45, 2.75) is 24.8 Å². The number of ether oxygens (including phenoxy) is 1. The number of rotatable bonds is 5. The average Bonchev–Trinajstić information content (AvgIpc) is 2.41. The minimum Gasteiger partial charge on any atom is -0.489 e. The summed E-state index contributed by atoms with van der Waals surface area (Å²) in [5.74, 6) is 0.694. The summed E-state index contributed by atoms with van der Waals surface area (Å²) in [5, 5.41) is 0.243. The van der Waals surface area contributed by atoms with Crippen LogP contribution in [-0.2, 0) is 10.0 Å². The van der Waals surface area contributed by atoms with Gasteiger partial charge in [-0.2, -0.15) is 0 Å². The fourth-order valence-corrected chi connectivity index (χ4v) is 2.94. The lowest BCUT2D eigenvalue weighted by Gasteiger charge is -2.13. The molecule has 1 aromatic carbocycles. The van der Waals surface area contributed by atoms with E-state index >= 15 is 0 Å². The molecule has 112 valence electrons. The van der Waals surface area contributed by atoms with Gasteiger partial charge < -0.3 is 4.74 Å². The highest BCUT2D eigenvalue weighted by Crippen LogP contribution is 2.28. The van der Waals surface area contributed by atoms with Gasteiger partial charge in [-0.1, -0.05) is 17.7 Å². The van der Waals surface area contributed by atoms with Crippen LogP contribution in [0.3, 0.4) is 0 Å². The third-order valence-electron chi connectivity index (χ3n) is 2.48. The number of hydrogen-bond donors (Lipinski definition) is 1. The maximum Gasteiger partial charge on any atom is 0.263 e. The summed E-state index contributed by atoms with van der Waals surface area (Å²) in [6.45, 7) is 3.73. The average molecular weight is 327 g/mol. The lowest BCUT2D eigenvalue weighted by atomic mass is 10.3. The molecule has 0 amide bonds. The molecule has 1 aromatic heterocycles. The number of nitrogens with zero attached hydrogens (tertiary/aromatic N) is 1. The van der Waals surface area contributed by atoms with Crippen LogP contribution in [0, 0.1) is 0 Å². The SMILES string of the molecule is CC(C)Oc1ccc(S(=O)(=O)Nc2ccccn2)cc1Cl. The molecular formula is C14H15ClN2O3S. The van der Waals surface area contributed by atoms with Gasteiger partial charge in [0.1, 0.15) is 11.6 Å². The molecule has 0 aliphatic heterocycles. The first-order valence-corrected chi connectivity index (χ1v) is 8.14. The maximum absolute atomic E-state index is 12.2. The van der Waals surface area contributed by atoms with E-state index in [4.69, 9.17) is 16.3 Å². The molecular weight excluding hydrogens is 312 g/mol. The van der Waals surface area contributed by atoms with Crippen LogP contribution in [0.5, 0.6) is 5.75 Å². The number of benzene rings is 1. The van der Waals surface area contributed by atoms with Crippen molar-refractivity contribution in [1.29, 1.82) is 0 Å². The van der Waals surface area contributed by atoms with E-state index in [0.29, 0.717) is 5.75 Å². The van der Waals surface area contributed by atoms with Crippen molar-refractivity contribution in [3.8, 4) is 5.75 Å². The van der Waals surface area contributed by atoms with Crippen LogP contribution in [0.2, 0.25) is 5.02 Å². The summed E-state index contributed by atoms with van der Waals surface area (Å²) in [7, 11) is -3.73. The zero-order valence-corrected chi connectivity index (χ0v) is 13.1. The largest absolute Gasteiger partial charge is 0.489 e. The first kappa shape index (κ1) is 15.6. The molecule has 1 N–H and O–H groups in total. The van der Waals surface area contributed by atoms with Crippen LogP contribution in [0.1, 0.15) is 13.8 Å². The van der Waals surface area contributed by atoms with Gasteiger partial charge in [0.15, 0.2) is 0 Å². The minimum atomic E-state index is -3.73. The molecule has 21 heavy (non-hydrogen) atoms. The molecule has 5 nitrogen and oxygen atoms in total. The number of sulfonamides is 1. The summed E-state index contributed by atoms with van der Waals surface area (Å²) < 4.78 is 32.3. The third-order valence-corrected chi connectivity index (χ3v) is 4.13. The quantitative estimate of drug-likeness (QED) is 0.915. The molecule has 2 rings (SSSR count). The molecule has 0 bridgehead atoms. The Bertz CT molecular complexity index is 718. The van der Waals surface area contributed by atoms with Crippen molar-refractivity contribution in [3.63, 3.8) is 0 Å². The van der Waals surface area contributed by atoms with Crippen LogP contribution in [-0.4, -0.2) is 19.5 Å². The van der Waals surface area contributed by atoms with Crippen molar-refractivity contribution in [2.24, 2.45) is 0 Å². The number of hydrogen-bond acceptors (Lipinski definition) is 4. The van der Waals surface area contributed by atoms with Gasteiger partial charge >= 0.3 is 0 Å². The highest BCUT2D eigenvalue weighted by Gasteiger charge is 2.17. The highest BCUT2D eigenvalue weighted by atomic mass is 35.5. The van der Waals surface area contributed by atoms with Crippen LogP contribution < -0.4 is 9.46 Å². The molecule has 2 aromatic rings. The maximum atomic E-state index is 12.2. The molecule has 0 saturated carbocycles. The fourth-order valence-electron chi connectivity index (χ4n) is 1.62. The standard InChI is InChI=1S/C14H15ClN2O3S/c1-10(2)20-13-7-6-11(9-12(13)15)21(18,19)17-14-5-3-4-8-16-14/h3-10H,1-2H3,(H,16,17). The first-order valence-electron chi connectivity index (χ1n) is 6.28. The molecule has 0 radical (unpaired) electrons. The summed E-state index contributed by atoms with van der Waals surface area (Å²) >= 11 is 6.05. The van der Waals surface area contributed by atoms with E-state index in [-0.39, 0.29) is 21.8 Å². The Hall–Kier alpha value is -1.79. The smallest absolute Gasteiger partial charge is 0.263 e. The second-order valence-corrected chi connectivity index (χ2v) is 6.67. The lowest BCUT2D eigenvalue weighted by Crippen LogP contribution is -2.14. The second kappa shape index (κ2) is 6.32. The zero-order valence-electron chi connectivity index (χ0n) is 11.6. The highest BCUT2D eigenvalue weighted by molar-refractivity contribution is 7.92. The van der Waals surface area contributed by atoms with E-state index in [0.717, 1.165) is 0 Å². The second-order valence-electron chi connectivity index (χ2n) is 4.58. The van der Waals surface area contributed by atoms with E-state index < -0.39 is 10.0 Å². The van der Waals surface area contributed by atoms with Crippen LogP contribution in [0.25, 0.3) is 0 Å². The molecule has 0 aliphatic rings. The van der Waals surface area contributed by atoms with E-state index in [1.54, 1.807) is 18.2 Å². The fraction of sp³-hybridized carbons (Fsp3) is 0.214. The lowest BCUT2D eigenvalue weighted by molar-refractivity contribution is 0.242. The monoisotopic (exact) mass is 326 g/mol. The predicted molar refractivity (Wildman–Crippen MR) is 82.3 cm³/mol. The van der Waals surface area contributed by atoms with E-state index in [1.165, 1.54) is 24.4 Å². The third kappa shape index (κ3) is 4.09. The molecule has 0 atom stereocenters. The number of aromatic nitrogens is 1. The number of halogens is 1. The number of pyridine rings is 1. The van der Waals surface area contributed by atoms with E-state index in [9.17, 15) is 8.42 Å². The molecule has 0 fully saturated rings. The summed E-state index contributed by atoms with van der Waals surface area (Å²) in [6, 6.07) is 9.29. The van der Waals surface area contributed by atoms with Gasteiger partial charge in [-0.05, 0) is 44.2 Å². The molecule has 0 unspecified atom stereocenters. The van der Waals surface area contributed by atoms with Crippen LogP contribution >= 0.6 is 11.6 Å². The Morgan fingerprint density at radius 3 is 2.57 bits per heavy atom. The molecule has 0 saturated heterocycles. The molecule has 0 spiro atoms. The van der Waals surface area contributed by atoms with Crippen molar-refractivity contribution >= 4 is 27.4 Å². The summed E-state index contributed by atoms with van der Waals surface area (Å²) in [6.07, 6.45) is 1.46. The van der Waals surface area contributed by atoms with E-state index in [2.05, 4.69) is 9.71 Å². The molecule has 1 heterocycles. The van der Waals surface area contributed by atoms with Crippen LogP contribution in [0.4, 0.5) is 5.82 Å². The van der Waals surface area contributed by atoms with Gasteiger partial charge in [-0.3, -0.25) is 4.72 Å². The van der Waals surface area contributed by atoms with Crippen LogP contribution in [0.15, 0.2) is 47.5 Å². The minimum absolute atomic E-state index is 0.0448. The first-order chi connectivity index (χ1) is 9.88. The normalized spacial score (nSPS) is 11.4. The van der Waals surface area contributed by atoms with Gasteiger partial charge in [0, 0.05) is 6.20 Å². The van der Waals surface area contributed by atoms with Crippen molar-refractivity contribution in [3.05, 3.63) is 47.6 Å². The van der Waals surface area contributed by atoms with Gasteiger partial charge in [-0.25, -0.2) is 13.4 Å². The Morgan fingerprint density at radius 1 is 1.24 bits per heavy atom. The Morgan fingerprint density at radius 2 is 2.00 bits per heavy atom. The molecule has 7 heteroatoms. The van der Waals surface area contributed by atoms with E-state index in [1.807, 2.05) is 13.8 Å². The summed E-state index contributed by atoms with van der Waals surface area (Å²) in [4.78, 5) is 3.97. The van der Waals surface area contributed by atoms with Crippen molar-refractivity contribution in [1.82, 2.24) is 4.98 Å². The van der Waals surface area contributed by atoms with Crippen molar-refractivity contribution < 1.29 is 13.2 Å². The van der Waals surface area contributed by atoms with Gasteiger partial charge in [0.05, 0.1) is 16.0 Å². The number of anilines is 1. The predicted octanol–water partition coefficient (Wildman–Crippen LogP) is 3.32. The summed E-state index contributed by atoms with van der Waals surface area (Å²) in [5.41, 5.74) is 0. The van der Waals surface area contributed by atoms with Gasteiger partial charge in [0.25, 0.3) is 10.0 Å². The van der Waals surface area contributed by atoms with Gasteiger partial charge in [0.2, 0.25) is 0 Å². The Balaban J connectivity index is 2.27. The Kier molecular flexibility index (Phi) is 4.69. The topological polar surface area (TPSA) is 68.3 Å². The zero-order chi connectivity index (χ0) is 15.5. The number of nitrogens with one attached hydrogen (secondary N) is 1. The Labute approximate surface area is 129 Å². The van der Waals surface area contributed by atoms with Gasteiger partial charge in [-0.15, -0.1) is 0 Å².